The van der Waals surface area contributed by atoms with E-state index >= 15 is 0 Å². The maximum absolute atomic E-state index is 4.65. The summed E-state index contributed by atoms with van der Waals surface area (Å²) in [5, 5.41) is 0. The van der Waals surface area contributed by atoms with Crippen molar-refractivity contribution in [2.45, 2.75) is 39.5 Å². The molecular formula is C11H16NY. The fraction of sp³-hybridized carbons (Fsp3) is 0.545. The third kappa shape index (κ3) is 3.14. The molecule has 1 rings (SSSR count). The van der Waals surface area contributed by atoms with E-state index < -0.39 is 0 Å². The van der Waals surface area contributed by atoms with Gasteiger partial charge in [0.05, 0.1) is 0 Å². The Hall–Kier alpha value is 0.254. The van der Waals surface area contributed by atoms with Crippen LogP contribution in [0.3, 0.4) is 0 Å². The van der Waals surface area contributed by atoms with Crippen molar-refractivity contribution in [1.29, 1.82) is 0 Å². The van der Waals surface area contributed by atoms with Gasteiger partial charge in [0.2, 0.25) is 0 Å². The molecule has 2 heteroatoms. The molecule has 0 aliphatic heterocycles. The van der Waals surface area contributed by atoms with Crippen molar-refractivity contribution in [2.24, 2.45) is 0 Å². The van der Waals surface area contributed by atoms with Crippen molar-refractivity contribution in [3.63, 3.8) is 0 Å². The normalized spacial score (nSPS) is 11.2. The molecule has 0 fully saturated rings. The van der Waals surface area contributed by atoms with Crippen LogP contribution in [0.25, 0.3) is 0 Å². The molecule has 0 aromatic carbocycles. The fourth-order valence-electron chi connectivity index (χ4n) is 1.19. The number of nitrogens with zero attached hydrogens (tertiary/aromatic N) is 1. The summed E-state index contributed by atoms with van der Waals surface area (Å²) < 4.78 is 1.45. The molecule has 0 saturated carbocycles. The van der Waals surface area contributed by atoms with Gasteiger partial charge in [-0.3, -0.25) is 0 Å². The molecule has 0 N–H and O–H groups in total. The molecule has 1 nitrogen and oxygen atoms in total. The average Bonchev–Trinajstić information content (AvgIpc) is 2.03. The Bertz CT molecular complexity index is 266. The van der Waals surface area contributed by atoms with Crippen LogP contribution in [0.5, 0.6) is 0 Å². The number of pyridine rings is 1. The van der Waals surface area contributed by atoms with Gasteiger partial charge < -0.3 is 0 Å². The second-order valence-corrected chi connectivity index (χ2v) is 5.70. The SMILES string of the molecule is CC(C)c1c[c]([Y])cc(C(C)C)n1. The predicted octanol–water partition coefficient (Wildman–Crippen LogP) is 2.50. The van der Waals surface area contributed by atoms with Crippen molar-refractivity contribution in [1.82, 2.24) is 4.98 Å². The zero-order chi connectivity index (χ0) is 10.0. The van der Waals surface area contributed by atoms with Crippen LogP contribution in [0.4, 0.5) is 0 Å². The summed E-state index contributed by atoms with van der Waals surface area (Å²) in [5.41, 5.74) is 2.49. The van der Waals surface area contributed by atoms with Crippen LogP contribution in [0.2, 0.25) is 0 Å². The summed E-state index contributed by atoms with van der Waals surface area (Å²) in [4.78, 5) is 4.65. The second-order valence-electron chi connectivity index (χ2n) is 4.06. The first-order valence-electron chi connectivity index (χ1n) is 4.78. The van der Waals surface area contributed by atoms with Crippen LogP contribution >= 0.6 is 0 Å². The Morgan fingerprint density at radius 1 is 1.00 bits per heavy atom. The van der Waals surface area contributed by atoms with Crippen LogP contribution in [0, 0.1) is 0 Å². The predicted molar refractivity (Wildman–Crippen MR) is 52.0 cm³/mol. The third-order valence-corrected chi connectivity index (χ3v) is 2.89. The van der Waals surface area contributed by atoms with Crippen molar-refractivity contribution < 1.29 is 31.0 Å². The molecule has 13 heavy (non-hydrogen) atoms. The van der Waals surface area contributed by atoms with Gasteiger partial charge in [0.25, 0.3) is 0 Å². The van der Waals surface area contributed by atoms with E-state index in [-0.39, 0.29) is 0 Å². The van der Waals surface area contributed by atoms with E-state index in [1.807, 2.05) is 0 Å². The number of hydrogen-bond acceptors (Lipinski definition) is 1. The number of rotatable bonds is 2. The maximum atomic E-state index is 4.65. The summed E-state index contributed by atoms with van der Waals surface area (Å²) >= 11 is 1.19. The topological polar surface area (TPSA) is 12.9 Å². The van der Waals surface area contributed by atoms with Gasteiger partial charge >= 0.3 is 101 Å². The van der Waals surface area contributed by atoms with E-state index in [2.05, 4.69) is 44.8 Å². The fourth-order valence-corrected chi connectivity index (χ4v) is 2.03. The van der Waals surface area contributed by atoms with Crippen molar-refractivity contribution in [3.05, 3.63) is 23.5 Å². The van der Waals surface area contributed by atoms with Crippen LogP contribution in [-0.4, -0.2) is 4.98 Å². The standard InChI is InChI=1S/C11H16N.Y/c1-8(2)10-6-5-7-11(12-10)9(3)4;/h6-9H,1-4H3;. The van der Waals surface area contributed by atoms with E-state index in [1.165, 1.54) is 44.7 Å². The van der Waals surface area contributed by atoms with E-state index in [0.717, 1.165) is 0 Å². The molecule has 0 aliphatic rings. The molecule has 1 aromatic heterocycles. The van der Waals surface area contributed by atoms with Gasteiger partial charge in [-0.2, -0.15) is 0 Å². The summed E-state index contributed by atoms with van der Waals surface area (Å²) in [7, 11) is 0. The zero-order valence-corrected chi connectivity index (χ0v) is 11.7. The van der Waals surface area contributed by atoms with E-state index in [9.17, 15) is 0 Å². The van der Waals surface area contributed by atoms with E-state index in [1.54, 1.807) is 0 Å². The van der Waals surface area contributed by atoms with E-state index in [0.29, 0.717) is 11.8 Å². The molecule has 0 atom stereocenters. The first kappa shape index (κ1) is 11.3. The van der Waals surface area contributed by atoms with E-state index in [4.69, 9.17) is 0 Å². The number of hydrogen-bond donors (Lipinski definition) is 0. The molecule has 0 saturated heterocycles. The first-order valence-corrected chi connectivity index (χ1v) is 6.20. The average molecular weight is 251 g/mol. The Labute approximate surface area is 101 Å². The molecule has 1 aromatic rings. The third-order valence-electron chi connectivity index (χ3n) is 2.07. The van der Waals surface area contributed by atoms with Crippen LogP contribution in [0.1, 0.15) is 50.9 Å². The van der Waals surface area contributed by atoms with Crippen LogP contribution in [0.15, 0.2) is 12.1 Å². The van der Waals surface area contributed by atoms with Gasteiger partial charge in [-0.15, -0.1) is 0 Å². The van der Waals surface area contributed by atoms with Crippen molar-refractivity contribution >= 4 is 2.37 Å². The Kier molecular flexibility index (Phi) is 4.06. The molecule has 0 amide bonds. The summed E-state index contributed by atoms with van der Waals surface area (Å²) in [5.74, 6) is 1.09. The molecule has 0 unspecified atom stereocenters. The molecule has 0 bridgehead atoms. The molecule has 0 radical (unpaired) electrons. The van der Waals surface area contributed by atoms with Gasteiger partial charge in [-0.05, 0) is 0 Å². The van der Waals surface area contributed by atoms with Crippen LogP contribution < -0.4 is 2.37 Å². The van der Waals surface area contributed by atoms with Gasteiger partial charge in [0.15, 0.2) is 0 Å². The Morgan fingerprint density at radius 2 is 1.38 bits per heavy atom. The molecule has 0 aliphatic carbocycles. The second kappa shape index (κ2) is 4.66. The zero-order valence-electron chi connectivity index (χ0n) is 8.83. The van der Waals surface area contributed by atoms with Gasteiger partial charge in [0.1, 0.15) is 0 Å². The summed E-state index contributed by atoms with van der Waals surface area (Å²) in [6.45, 7) is 8.80. The Balaban J connectivity index is 3.11. The monoisotopic (exact) mass is 251 g/mol. The van der Waals surface area contributed by atoms with Crippen molar-refractivity contribution in [3.8, 4) is 0 Å². The Morgan fingerprint density at radius 3 is 1.69 bits per heavy atom. The molecule has 1 heterocycles. The first-order chi connectivity index (χ1) is 6.00. The number of aromatic nitrogens is 1. The van der Waals surface area contributed by atoms with Crippen molar-refractivity contribution in [2.75, 3.05) is 0 Å². The minimum absolute atomic E-state index is 0.546. The van der Waals surface area contributed by atoms with Gasteiger partial charge in [-0.25, -0.2) is 0 Å². The quantitative estimate of drug-likeness (QED) is 0.787. The minimum atomic E-state index is 0.546. The van der Waals surface area contributed by atoms with Gasteiger partial charge in [0, 0.05) is 0 Å². The van der Waals surface area contributed by atoms with Gasteiger partial charge in [-0.1, -0.05) is 0 Å². The van der Waals surface area contributed by atoms with Crippen LogP contribution in [-0.2, 0) is 31.0 Å². The molecule has 0 spiro atoms. The molecular weight excluding hydrogens is 235 g/mol. The summed E-state index contributed by atoms with van der Waals surface area (Å²) in [6.07, 6.45) is 0. The summed E-state index contributed by atoms with van der Waals surface area (Å²) in [6, 6.07) is 4.47. The molecule has 68 valence electrons.